The number of hydrogen-bond acceptors (Lipinski definition) is 2. The minimum absolute atomic E-state index is 0.303. The van der Waals surface area contributed by atoms with Crippen LogP contribution in [-0.4, -0.2) is 15.8 Å². The van der Waals surface area contributed by atoms with Crippen LogP contribution in [0.5, 0.6) is 0 Å². The molecule has 15 heavy (non-hydrogen) atoms. The molecule has 3 nitrogen and oxygen atoms in total. The van der Waals surface area contributed by atoms with Gasteiger partial charge in [-0.2, -0.15) is 5.10 Å². The van der Waals surface area contributed by atoms with Crippen LogP contribution in [0.2, 0.25) is 0 Å². The van der Waals surface area contributed by atoms with Gasteiger partial charge in [0.1, 0.15) is 0 Å². The summed E-state index contributed by atoms with van der Waals surface area (Å²) >= 11 is 0. The highest BCUT2D eigenvalue weighted by Crippen LogP contribution is 2.50. The van der Waals surface area contributed by atoms with E-state index < -0.39 is 0 Å². The van der Waals surface area contributed by atoms with E-state index in [1.54, 1.807) is 0 Å². The summed E-state index contributed by atoms with van der Waals surface area (Å²) in [5.74, 6) is 0. The normalized spacial score (nSPS) is 20.3. The summed E-state index contributed by atoms with van der Waals surface area (Å²) in [7, 11) is 2.03. The molecular formula is C12H21N3. The summed E-state index contributed by atoms with van der Waals surface area (Å²) in [6, 6.07) is 2.53. The van der Waals surface area contributed by atoms with E-state index in [9.17, 15) is 0 Å². The molecule has 0 aromatic carbocycles. The Morgan fingerprint density at radius 2 is 2.27 bits per heavy atom. The zero-order valence-corrected chi connectivity index (χ0v) is 9.95. The second-order valence-electron chi connectivity index (χ2n) is 4.93. The van der Waals surface area contributed by atoms with Crippen molar-refractivity contribution in [3.05, 3.63) is 17.5 Å². The van der Waals surface area contributed by atoms with Crippen molar-refractivity contribution in [2.75, 3.05) is 0 Å². The molecule has 1 saturated carbocycles. The SMILES string of the molecule is CCc1cc(CC2(C(C)N)CC2)n(C)n1. The van der Waals surface area contributed by atoms with E-state index in [-0.39, 0.29) is 0 Å². The molecule has 1 atom stereocenters. The third-order valence-corrected chi connectivity index (χ3v) is 3.78. The number of rotatable bonds is 4. The summed E-state index contributed by atoms with van der Waals surface area (Å²) < 4.78 is 2.02. The van der Waals surface area contributed by atoms with Gasteiger partial charge in [-0.05, 0) is 44.1 Å². The van der Waals surface area contributed by atoms with Crippen molar-refractivity contribution in [3.8, 4) is 0 Å². The van der Waals surface area contributed by atoms with E-state index in [0.717, 1.165) is 12.8 Å². The van der Waals surface area contributed by atoms with Crippen LogP contribution in [0.3, 0.4) is 0 Å². The van der Waals surface area contributed by atoms with Crippen LogP contribution >= 0.6 is 0 Å². The van der Waals surface area contributed by atoms with Crippen LogP contribution in [0, 0.1) is 5.41 Å². The first-order chi connectivity index (χ1) is 7.07. The van der Waals surface area contributed by atoms with Crippen LogP contribution in [0.4, 0.5) is 0 Å². The molecule has 0 spiro atoms. The lowest BCUT2D eigenvalue weighted by Crippen LogP contribution is -2.30. The maximum Gasteiger partial charge on any atom is 0.0624 e. The van der Waals surface area contributed by atoms with Crippen molar-refractivity contribution in [3.63, 3.8) is 0 Å². The lowest BCUT2D eigenvalue weighted by molar-refractivity contribution is 0.407. The second-order valence-corrected chi connectivity index (χ2v) is 4.93. The van der Waals surface area contributed by atoms with Gasteiger partial charge in [0.15, 0.2) is 0 Å². The van der Waals surface area contributed by atoms with Gasteiger partial charge in [0.25, 0.3) is 0 Å². The molecule has 1 aromatic heterocycles. The van der Waals surface area contributed by atoms with Gasteiger partial charge >= 0.3 is 0 Å². The maximum atomic E-state index is 6.04. The van der Waals surface area contributed by atoms with Crippen LogP contribution in [0.15, 0.2) is 6.07 Å². The molecule has 3 heteroatoms. The van der Waals surface area contributed by atoms with Crippen LogP contribution in [0.25, 0.3) is 0 Å². The molecule has 0 radical (unpaired) electrons. The number of nitrogens with two attached hydrogens (primary N) is 1. The second kappa shape index (κ2) is 3.63. The Labute approximate surface area is 91.7 Å². The quantitative estimate of drug-likeness (QED) is 0.816. The third kappa shape index (κ3) is 1.93. The number of nitrogens with zero attached hydrogens (tertiary/aromatic N) is 2. The van der Waals surface area contributed by atoms with Crippen LogP contribution in [-0.2, 0) is 19.9 Å². The average molecular weight is 207 g/mol. The Balaban J connectivity index is 2.14. The molecule has 1 fully saturated rings. The molecule has 1 aliphatic carbocycles. The first-order valence-corrected chi connectivity index (χ1v) is 5.85. The molecule has 0 aliphatic heterocycles. The minimum Gasteiger partial charge on any atom is -0.327 e. The van der Waals surface area contributed by atoms with E-state index >= 15 is 0 Å². The van der Waals surface area contributed by atoms with Crippen molar-refractivity contribution in [2.24, 2.45) is 18.2 Å². The van der Waals surface area contributed by atoms with E-state index in [1.165, 1.54) is 24.2 Å². The molecule has 2 N–H and O–H groups in total. The van der Waals surface area contributed by atoms with Gasteiger partial charge in [-0.15, -0.1) is 0 Å². The van der Waals surface area contributed by atoms with Crippen molar-refractivity contribution in [1.29, 1.82) is 0 Å². The van der Waals surface area contributed by atoms with Crippen LogP contribution < -0.4 is 5.73 Å². The van der Waals surface area contributed by atoms with Gasteiger partial charge in [0, 0.05) is 18.8 Å². The van der Waals surface area contributed by atoms with Crippen molar-refractivity contribution in [2.45, 2.75) is 45.6 Å². The van der Waals surface area contributed by atoms with Gasteiger partial charge in [-0.1, -0.05) is 6.92 Å². The van der Waals surface area contributed by atoms with E-state index in [0.29, 0.717) is 11.5 Å². The average Bonchev–Trinajstić information content (AvgIpc) is 2.88. The summed E-state index contributed by atoms with van der Waals surface area (Å²) in [5, 5.41) is 4.48. The zero-order valence-electron chi connectivity index (χ0n) is 9.95. The fourth-order valence-electron chi connectivity index (χ4n) is 2.22. The number of aromatic nitrogens is 2. The highest BCUT2D eigenvalue weighted by atomic mass is 15.3. The largest absolute Gasteiger partial charge is 0.327 e. The topological polar surface area (TPSA) is 43.8 Å². The fourth-order valence-corrected chi connectivity index (χ4v) is 2.22. The Hall–Kier alpha value is -0.830. The Morgan fingerprint density at radius 1 is 1.60 bits per heavy atom. The first kappa shape index (κ1) is 10.7. The van der Waals surface area contributed by atoms with Gasteiger partial charge in [-0.25, -0.2) is 0 Å². The van der Waals surface area contributed by atoms with Gasteiger partial charge in [0.05, 0.1) is 5.69 Å². The van der Waals surface area contributed by atoms with Crippen molar-refractivity contribution < 1.29 is 0 Å². The predicted molar refractivity (Wildman–Crippen MR) is 61.6 cm³/mol. The van der Waals surface area contributed by atoms with Crippen LogP contribution in [0.1, 0.15) is 38.1 Å². The van der Waals surface area contributed by atoms with Gasteiger partial charge in [-0.3, -0.25) is 4.68 Å². The summed E-state index contributed by atoms with van der Waals surface area (Å²) in [4.78, 5) is 0. The molecule has 84 valence electrons. The smallest absolute Gasteiger partial charge is 0.0624 e. The highest BCUT2D eigenvalue weighted by molar-refractivity contribution is 5.16. The van der Waals surface area contributed by atoms with Gasteiger partial charge in [0.2, 0.25) is 0 Å². The lowest BCUT2D eigenvalue weighted by atomic mass is 9.93. The summed E-state index contributed by atoms with van der Waals surface area (Å²) in [6.45, 7) is 4.27. The first-order valence-electron chi connectivity index (χ1n) is 5.85. The summed E-state index contributed by atoms with van der Waals surface area (Å²) in [6.07, 6.45) is 4.65. The Kier molecular flexibility index (Phi) is 2.59. The van der Waals surface area contributed by atoms with Gasteiger partial charge < -0.3 is 5.73 Å². The zero-order chi connectivity index (χ0) is 11.1. The fraction of sp³-hybridized carbons (Fsp3) is 0.750. The number of hydrogen-bond donors (Lipinski definition) is 1. The Morgan fingerprint density at radius 3 is 2.67 bits per heavy atom. The molecular weight excluding hydrogens is 186 g/mol. The van der Waals surface area contributed by atoms with Crippen molar-refractivity contribution >= 4 is 0 Å². The Bertz CT molecular complexity index is 348. The van der Waals surface area contributed by atoms with E-state index in [4.69, 9.17) is 5.73 Å². The lowest BCUT2D eigenvalue weighted by Gasteiger charge is -2.19. The molecule has 0 saturated heterocycles. The third-order valence-electron chi connectivity index (χ3n) is 3.78. The minimum atomic E-state index is 0.303. The summed E-state index contributed by atoms with van der Waals surface area (Å²) in [5.41, 5.74) is 8.94. The number of aryl methyl sites for hydroxylation is 2. The monoisotopic (exact) mass is 207 g/mol. The molecule has 1 unspecified atom stereocenters. The van der Waals surface area contributed by atoms with Crippen molar-refractivity contribution in [1.82, 2.24) is 9.78 Å². The maximum absolute atomic E-state index is 6.04. The molecule has 1 heterocycles. The molecule has 1 aromatic rings. The standard InChI is InChI=1S/C12H21N3/c1-4-10-7-11(15(3)14-10)8-12(5-6-12)9(2)13/h7,9H,4-6,8,13H2,1-3H3. The molecule has 0 bridgehead atoms. The van der Waals surface area contributed by atoms with E-state index in [1.807, 2.05) is 11.7 Å². The highest BCUT2D eigenvalue weighted by Gasteiger charge is 2.46. The predicted octanol–water partition coefficient (Wildman–Crippen LogP) is 1.65. The molecule has 0 amide bonds. The molecule has 2 rings (SSSR count). The van der Waals surface area contributed by atoms with E-state index in [2.05, 4.69) is 25.0 Å². The molecule has 1 aliphatic rings.